The Morgan fingerprint density at radius 3 is 3.00 bits per heavy atom. The molecule has 0 saturated carbocycles. The first-order valence-electron chi connectivity index (χ1n) is 7.10. The van der Waals surface area contributed by atoms with E-state index in [-0.39, 0.29) is 23.8 Å². The zero-order valence-corrected chi connectivity index (χ0v) is 12.6. The Hall–Kier alpha value is -1.66. The number of carbonyl (C=O) groups is 1. The van der Waals surface area contributed by atoms with E-state index in [1.54, 1.807) is 19.2 Å². The minimum atomic E-state index is -0.317. The first-order valence-corrected chi connectivity index (χ1v) is 7.10. The SMILES string of the molecule is CNC(=O)C1CNCCN1C(C)c1c(F)cccc1OC. The van der Waals surface area contributed by atoms with Crippen molar-refractivity contribution in [3.05, 3.63) is 29.6 Å². The highest BCUT2D eigenvalue weighted by Gasteiger charge is 2.33. The van der Waals surface area contributed by atoms with Crippen LogP contribution in [-0.2, 0) is 4.79 Å². The highest BCUT2D eigenvalue weighted by molar-refractivity contribution is 5.82. The predicted molar refractivity (Wildman–Crippen MR) is 78.8 cm³/mol. The van der Waals surface area contributed by atoms with Crippen molar-refractivity contribution in [1.29, 1.82) is 0 Å². The molecule has 1 aliphatic heterocycles. The largest absolute Gasteiger partial charge is 0.496 e. The Kier molecular flexibility index (Phi) is 5.14. The summed E-state index contributed by atoms with van der Waals surface area (Å²) in [6, 6.07) is 4.23. The molecule has 1 fully saturated rings. The van der Waals surface area contributed by atoms with Crippen LogP contribution in [0.25, 0.3) is 0 Å². The van der Waals surface area contributed by atoms with Gasteiger partial charge >= 0.3 is 0 Å². The molecule has 0 radical (unpaired) electrons. The summed E-state index contributed by atoms with van der Waals surface area (Å²) in [6.45, 7) is 3.91. The van der Waals surface area contributed by atoms with Crippen LogP contribution in [0.5, 0.6) is 5.75 Å². The molecular weight excluding hydrogens is 273 g/mol. The summed E-state index contributed by atoms with van der Waals surface area (Å²) in [5.41, 5.74) is 0.496. The highest BCUT2D eigenvalue weighted by Crippen LogP contribution is 2.32. The van der Waals surface area contributed by atoms with Crippen molar-refractivity contribution < 1.29 is 13.9 Å². The smallest absolute Gasteiger partial charge is 0.238 e. The predicted octanol–water partition coefficient (Wildman–Crippen LogP) is 0.915. The van der Waals surface area contributed by atoms with E-state index < -0.39 is 0 Å². The number of rotatable bonds is 4. The first-order chi connectivity index (χ1) is 10.1. The number of amides is 1. The maximum Gasteiger partial charge on any atom is 0.238 e. The molecule has 2 rings (SSSR count). The van der Waals surface area contributed by atoms with Gasteiger partial charge in [-0.3, -0.25) is 9.69 Å². The monoisotopic (exact) mass is 295 g/mol. The van der Waals surface area contributed by atoms with Gasteiger partial charge in [-0.1, -0.05) is 6.07 Å². The molecule has 2 atom stereocenters. The van der Waals surface area contributed by atoms with Crippen LogP contribution < -0.4 is 15.4 Å². The molecule has 0 bridgehead atoms. The van der Waals surface area contributed by atoms with E-state index in [1.165, 1.54) is 13.2 Å². The van der Waals surface area contributed by atoms with Gasteiger partial charge in [-0.25, -0.2) is 4.39 Å². The maximum absolute atomic E-state index is 14.2. The van der Waals surface area contributed by atoms with Crippen LogP contribution in [0.3, 0.4) is 0 Å². The molecule has 5 nitrogen and oxygen atoms in total. The van der Waals surface area contributed by atoms with Crippen LogP contribution in [0, 0.1) is 5.82 Å². The standard InChI is InChI=1S/C15H22FN3O2/c1-10(14-11(16)5-4-6-13(14)21-3)19-8-7-18-9-12(19)15(20)17-2/h4-6,10,12,18H,7-9H2,1-3H3,(H,17,20). The number of likely N-dealkylation sites (N-methyl/N-ethyl adjacent to an activating group) is 1. The van der Waals surface area contributed by atoms with Crippen LogP contribution in [0.15, 0.2) is 18.2 Å². The van der Waals surface area contributed by atoms with E-state index in [2.05, 4.69) is 10.6 Å². The molecule has 0 aliphatic carbocycles. The zero-order valence-electron chi connectivity index (χ0n) is 12.6. The molecule has 2 unspecified atom stereocenters. The number of benzene rings is 1. The minimum Gasteiger partial charge on any atom is -0.496 e. The topological polar surface area (TPSA) is 53.6 Å². The molecule has 1 heterocycles. The molecule has 116 valence electrons. The third-order valence-corrected chi connectivity index (χ3v) is 3.98. The number of hydrogen-bond donors (Lipinski definition) is 2. The normalized spacial score (nSPS) is 20.9. The maximum atomic E-state index is 14.2. The van der Waals surface area contributed by atoms with Gasteiger partial charge in [-0.05, 0) is 19.1 Å². The van der Waals surface area contributed by atoms with Crippen LogP contribution in [-0.4, -0.2) is 50.6 Å². The molecule has 6 heteroatoms. The third-order valence-electron chi connectivity index (χ3n) is 3.98. The fraction of sp³-hybridized carbons (Fsp3) is 0.533. The van der Waals surface area contributed by atoms with Gasteiger partial charge in [0.05, 0.1) is 7.11 Å². The van der Waals surface area contributed by atoms with Crippen molar-refractivity contribution in [2.24, 2.45) is 0 Å². The summed E-state index contributed by atoms with van der Waals surface area (Å²) in [6.07, 6.45) is 0. The Morgan fingerprint density at radius 1 is 1.57 bits per heavy atom. The average molecular weight is 295 g/mol. The van der Waals surface area contributed by atoms with E-state index in [0.29, 0.717) is 24.4 Å². The zero-order chi connectivity index (χ0) is 15.4. The summed E-state index contributed by atoms with van der Waals surface area (Å²) in [7, 11) is 3.14. The molecule has 1 saturated heterocycles. The van der Waals surface area contributed by atoms with Crippen molar-refractivity contribution in [1.82, 2.24) is 15.5 Å². The fourth-order valence-corrected chi connectivity index (χ4v) is 2.86. The summed E-state index contributed by atoms with van der Waals surface area (Å²) < 4.78 is 19.5. The van der Waals surface area contributed by atoms with Gasteiger partial charge in [0.2, 0.25) is 5.91 Å². The molecule has 1 aliphatic rings. The summed E-state index contributed by atoms with van der Waals surface area (Å²) in [5.74, 6) is 0.136. The van der Waals surface area contributed by atoms with E-state index >= 15 is 0 Å². The number of nitrogens with one attached hydrogen (secondary N) is 2. The quantitative estimate of drug-likeness (QED) is 0.867. The van der Waals surface area contributed by atoms with Gasteiger partial charge < -0.3 is 15.4 Å². The highest BCUT2D eigenvalue weighted by atomic mass is 19.1. The van der Waals surface area contributed by atoms with Crippen molar-refractivity contribution in [2.45, 2.75) is 19.0 Å². The second-order valence-corrected chi connectivity index (χ2v) is 5.10. The van der Waals surface area contributed by atoms with Crippen LogP contribution in [0.1, 0.15) is 18.5 Å². The molecular formula is C15H22FN3O2. The Balaban J connectivity index is 2.33. The summed E-state index contributed by atoms with van der Waals surface area (Å²) in [5, 5.41) is 5.87. The van der Waals surface area contributed by atoms with Crippen molar-refractivity contribution in [2.75, 3.05) is 33.8 Å². The van der Waals surface area contributed by atoms with Crippen molar-refractivity contribution in [3.8, 4) is 5.75 Å². The third kappa shape index (κ3) is 3.16. The summed E-state index contributed by atoms with van der Waals surface area (Å²) >= 11 is 0. The lowest BCUT2D eigenvalue weighted by molar-refractivity contribution is -0.127. The molecule has 1 aromatic rings. The van der Waals surface area contributed by atoms with Gasteiger partial charge in [-0.15, -0.1) is 0 Å². The molecule has 0 spiro atoms. The number of hydrogen-bond acceptors (Lipinski definition) is 4. The average Bonchev–Trinajstić information content (AvgIpc) is 2.53. The number of piperazine rings is 1. The van der Waals surface area contributed by atoms with E-state index in [4.69, 9.17) is 4.74 Å². The van der Waals surface area contributed by atoms with Gasteiger partial charge in [0, 0.05) is 38.3 Å². The van der Waals surface area contributed by atoms with Gasteiger partial charge in [0.15, 0.2) is 0 Å². The molecule has 21 heavy (non-hydrogen) atoms. The number of methoxy groups -OCH3 is 1. The second kappa shape index (κ2) is 6.87. The van der Waals surface area contributed by atoms with Gasteiger partial charge in [0.1, 0.15) is 17.6 Å². The Labute approximate surface area is 124 Å². The molecule has 1 amide bonds. The molecule has 0 aromatic heterocycles. The van der Waals surface area contributed by atoms with Gasteiger partial charge in [-0.2, -0.15) is 0 Å². The number of carbonyl (C=O) groups excluding carboxylic acids is 1. The Morgan fingerprint density at radius 2 is 2.33 bits per heavy atom. The van der Waals surface area contributed by atoms with Gasteiger partial charge in [0.25, 0.3) is 0 Å². The lowest BCUT2D eigenvalue weighted by Gasteiger charge is -2.39. The lowest BCUT2D eigenvalue weighted by atomic mass is 10.0. The number of halogens is 1. The Bertz CT molecular complexity index is 510. The van der Waals surface area contributed by atoms with Crippen molar-refractivity contribution >= 4 is 5.91 Å². The van der Waals surface area contributed by atoms with Crippen LogP contribution >= 0.6 is 0 Å². The second-order valence-electron chi connectivity index (χ2n) is 5.10. The molecule has 2 N–H and O–H groups in total. The van der Waals surface area contributed by atoms with Crippen LogP contribution in [0.2, 0.25) is 0 Å². The number of ether oxygens (including phenoxy) is 1. The minimum absolute atomic E-state index is 0.0654. The molecule has 1 aromatic carbocycles. The van der Waals surface area contributed by atoms with Crippen molar-refractivity contribution in [3.63, 3.8) is 0 Å². The fourth-order valence-electron chi connectivity index (χ4n) is 2.86. The number of nitrogens with zero attached hydrogens (tertiary/aromatic N) is 1. The van der Waals surface area contributed by atoms with E-state index in [0.717, 1.165) is 6.54 Å². The van der Waals surface area contributed by atoms with Crippen LogP contribution in [0.4, 0.5) is 4.39 Å². The van der Waals surface area contributed by atoms with E-state index in [9.17, 15) is 9.18 Å². The lowest BCUT2D eigenvalue weighted by Crippen LogP contribution is -2.57. The first kappa shape index (κ1) is 15.7. The van der Waals surface area contributed by atoms with E-state index in [1.807, 2.05) is 11.8 Å². The summed E-state index contributed by atoms with van der Waals surface area (Å²) in [4.78, 5) is 14.0.